The van der Waals surface area contributed by atoms with Crippen LogP contribution in [0.5, 0.6) is 5.75 Å². The van der Waals surface area contributed by atoms with Crippen LogP contribution in [0.2, 0.25) is 0 Å². The molecule has 0 spiro atoms. The molecule has 0 heterocycles. The van der Waals surface area contributed by atoms with E-state index in [1.807, 2.05) is 13.0 Å². The fourth-order valence-corrected chi connectivity index (χ4v) is 2.37. The van der Waals surface area contributed by atoms with E-state index in [2.05, 4.69) is 25.2 Å². The summed E-state index contributed by atoms with van der Waals surface area (Å²) >= 11 is 0. The average molecular weight is 291 g/mol. The molecule has 2 N–H and O–H groups in total. The van der Waals surface area contributed by atoms with E-state index in [1.165, 1.54) is 17.5 Å². The summed E-state index contributed by atoms with van der Waals surface area (Å²) in [7, 11) is 0. The molecule has 118 valence electrons. The standard InChI is InChI=1S/C18H29NO2/c1-4-14(2)10-16-11-15(3)18(21)12-17(16)13-19-8-6-5-7-9-20/h9,11-12,14,19,21H,4-8,10,13H2,1-3H3. The number of aryl methyl sites for hydroxylation is 1. The molecule has 0 aliphatic heterocycles. The molecule has 1 rings (SSSR count). The van der Waals surface area contributed by atoms with Gasteiger partial charge in [-0.15, -0.1) is 0 Å². The highest BCUT2D eigenvalue weighted by Crippen LogP contribution is 2.24. The van der Waals surface area contributed by atoms with Gasteiger partial charge in [-0.2, -0.15) is 0 Å². The number of hydrogen-bond donors (Lipinski definition) is 2. The van der Waals surface area contributed by atoms with Crippen LogP contribution >= 0.6 is 0 Å². The summed E-state index contributed by atoms with van der Waals surface area (Å²) in [5.74, 6) is 1.03. The fourth-order valence-electron chi connectivity index (χ4n) is 2.37. The number of rotatable bonds is 10. The largest absolute Gasteiger partial charge is 0.508 e. The van der Waals surface area contributed by atoms with Gasteiger partial charge in [-0.1, -0.05) is 26.3 Å². The molecule has 0 radical (unpaired) electrons. The number of phenolic OH excluding ortho intramolecular Hbond substituents is 1. The van der Waals surface area contributed by atoms with E-state index >= 15 is 0 Å². The minimum Gasteiger partial charge on any atom is -0.508 e. The Morgan fingerprint density at radius 3 is 2.71 bits per heavy atom. The van der Waals surface area contributed by atoms with Crippen molar-refractivity contribution in [1.82, 2.24) is 5.32 Å². The van der Waals surface area contributed by atoms with Crippen molar-refractivity contribution in [1.29, 1.82) is 0 Å². The summed E-state index contributed by atoms with van der Waals surface area (Å²) in [5.41, 5.74) is 3.47. The number of carbonyl (C=O) groups excluding carboxylic acids is 1. The van der Waals surface area contributed by atoms with Gasteiger partial charge in [-0.25, -0.2) is 0 Å². The lowest BCUT2D eigenvalue weighted by atomic mass is 9.93. The van der Waals surface area contributed by atoms with Crippen LogP contribution in [0, 0.1) is 12.8 Å². The van der Waals surface area contributed by atoms with E-state index < -0.39 is 0 Å². The molecule has 3 heteroatoms. The van der Waals surface area contributed by atoms with E-state index in [0.29, 0.717) is 18.1 Å². The molecule has 0 aliphatic carbocycles. The number of aldehydes is 1. The molecule has 0 aromatic heterocycles. The summed E-state index contributed by atoms with van der Waals surface area (Å²) in [6.45, 7) is 8.11. The highest BCUT2D eigenvalue weighted by Gasteiger charge is 2.09. The van der Waals surface area contributed by atoms with Crippen LogP contribution in [0.3, 0.4) is 0 Å². The van der Waals surface area contributed by atoms with Crippen molar-refractivity contribution >= 4 is 6.29 Å². The van der Waals surface area contributed by atoms with E-state index in [4.69, 9.17) is 0 Å². The predicted molar refractivity (Wildman–Crippen MR) is 87.6 cm³/mol. The number of hydrogen-bond acceptors (Lipinski definition) is 3. The second-order valence-corrected chi connectivity index (χ2v) is 5.96. The summed E-state index contributed by atoms with van der Waals surface area (Å²) in [4.78, 5) is 10.3. The number of unbranched alkanes of at least 4 members (excludes halogenated alkanes) is 2. The van der Waals surface area contributed by atoms with Gasteiger partial charge in [-0.05, 0) is 61.4 Å². The Balaban J connectivity index is 2.61. The smallest absolute Gasteiger partial charge is 0.119 e. The maximum absolute atomic E-state index is 10.3. The first-order valence-corrected chi connectivity index (χ1v) is 8.04. The Kier molecular flexibility index (Phi) is 8.06. The second kappa shape index (κ2) is 9.56. The van der Waals surface area contributed by atoms with Gasteiger partial charge in [0.1, 0.15) is 12.0 Å². The Bertz CT molecular complexity index is 443. The van der Waals surface area contributed by atoms with Gasteiger partial charge in [-0.3, -0.25) is 0 Å². The van der Waals surface area contributed by atoms with Gasteiger partial charge >= 0.3 is 0 Å². The quantitative estimate of drug-likeness (QED) is 0.510. The van der Waals surface area contributed by atoms with Crippen molar-refractivity contribution < 1.29 is 9.90 Å². The molecule has 0 fully saturated rings. The monoisotopic (exact) mass is 291 g/mol. The van der Waals surface area contributed by atoms with Crippen LogP contribution in [0.15, 0.2) is 12.1 Å². The van der Waals surface area contributed by atoms with Crippen LogP contribution < -0.4 is 5.32 Å². The average Bonchev–Trinajstić information content (AvgIpc) is 2.47. The van der Waals surface area contributed by atoms with Gasteiger partial charge in [0.05, 0.1) is 0 Å². The molecular weight excluding hydrogens is 262 g/mol. The van der Waals surface area contributed by atoms with Crippen LogP contribution in [0.1, 0.15) is 56.2 Å². The molecule has 1 aromatic carbocycles. The number of carbonyl (C=O) groups is 1. The Hall–Kier alpha value is -1.35. The minimum absolute atomic E-state index is 0.376. The highest BCUT2D eigenvalue weighted by atomic mass is 16.3. The van der Waals surface area contributed by atoms with E-state index in [9.17, 15) is 9.90 Å². The van der Waals surface area contributed by atoms with Gasteiger partial charge in [0, 0.05) is 13.0 Å². The Morgan fingerprint density at radius 2 is 2.05 bits per heavy atom. The molecule has 0 aliphatic rings. The molecule has 0 saturated heterocycles. The molecule has 1 atom stereocenters. The van der Waals surface area contributed by atoms with Gasteiger partial charge in [0.2, 0.25) is 0 Å². The van der Waals surface area contributed by atoms with Crippen LogP contribution in [-0.4, -0.2) is 17.9 Å². The molecule has 3 nitrogen and oxygen atoms in total. The predicted octanol–water partition coefficient (Wildman–Crippen LogP) is 3.75. The van der Waals surface area contributed by atoms with Crippen molar-refractivity contribution in [2.75, 3.05) is 6.54 Å². The number of benzene rings is 1. The van der Waals surface area contributed by atoms with Crippen molar-refractivity contribution in [3.05, 3.63) is 28.8 Å². The number of aromatic hydroxyl groups is 1. The first-order valence-electron chi connectivity index (χ1n) is 8.04. The van der Waals surface area contributed by atoms with E-state index in [0.717, 1.165) is 44.2 Å². The third-order valence-corrected chi connectivity index (χ3v) is 4.02. The second-order valence-electron chi connectivity index (χ2n) is 5.96. The summed E-state index contributed by atoms with van der Waals surface area (Å²) in [5, 5.41) is 13.3. The molecule has 0 bridgehead atoms. The lowest BCUT2D eigenvalue weighted by Gasteiger charge is -2.16. The number of phenols is 1. The third kappa shape index (κ3) is 6.30. The fraction of sp³-hybridized carbons (Fsp3) is 0.611. The Labute approximate surface area is 128 Å². The van der Waals surface area contributed by atoms with E-state index in [-0.39, 0.29) is 0 Å². The van der Waals surface area contributed by atoms with Crippen molar-refractivity contribution in [2.24, 2.45) is 5.92 Å². The topological polar surface area (TPSA) is 49.3 Å². The van der Waals surface area contributed by atoms with Gasteiger partial charge in [0.15, 0.2) is 0 Å². The SMILES string of the molecule is CCC(C)Cc1cc(C)c(O)cc1CNCCCCC=O. The lowest BCUT2D eigenvalue weighted by molar-refractivity contribution is -0.107. The molecule has 0 amide bonds. The van der Waals surface area contributed by atoms with Crippen LogP contribution in [0.4, 0.5) is 0 Å². The first kappa shape index (κ1) is 17.7. The molecule has 21 heavy (non-hydrogen) atoms. The molecule has 1 unspecified atom stereocenters. The van der Waals surface area contributed by atoms with Crippen molar-refractivity contribution in [2.45, 2.75) is 59.4 Å². The van der Waals surface area contributed by atoms with Crippen LogP contribution in [0.25, 0.3) is 0 Å². The number of nitrogens with one attached hydrogen (secondary N) is 1. The normalized spacial score (nSPS) is 12.3. The Morgan fingerprint density at radius 1 is 1.29 bits per heavy atom. The first-order chi connectivity index (χ1) is 10.1. The zero-order valence-corrected chi connectivity index (χ0v) is 13.6. The lowest BCUT2D eigenvalue weighted by Crippen LogP contribution is -2.16. The maximum atomic E-state index is 10.3. The molecular formula is C18H29NO2. The van der Waals surface area contributed by atoms with Gasteiger partial charge in [0.25, 0.3) is 0 Å². The van der Waals surface area contributed by atoms with E-state index in [1.54, 1.807) is 0 Å². The zero-order valence-electron chi connectivity index (χ0n) is 13.6. The third-order valence-electron chi connectivity index (χ3n) is 4.02. The molecule has 1 aromatic rings. The highest BCUT2D eigenvalue weighted by molar-refractivity contribution is 5.48. The summed E-state index contributed by atoms with van der Waals surface area (Å²) < 4.78 is 0. The maximum Gasteiger partial charge on any atom is 0.119 e. The minimum atomic E-state index is 0.376. The zero-order chi connectivity index (χ0) is 15.7. The van der Waals surface area contributed by atoms with Crippen LogP contribution in [-0.2, 0) is 17.8 Å². The van der Waals surface area contributed by atoms with Crippen molar-refractivity contribution in [3.63, 3.8) is 0 Å². The molecule has 0 saturated carbocycles. The summed E-state index contributed by atoms with van der Waals surface area (Å²) in [6.07, 6.45) is 5.79. The van der Waals surface area contributed by atoms with Crippen molar-refractivity contribution in [3.8, 4) is 5.75 Å². The summed E-state index contributed by atoms with van der Waals surface area (Å²) in [6, 6.07) is 4.01. The van der Waals surface area contributed by atoms with Gasteiger partial charge < -0.3 is 15.2 Å².